The zero-order chi connectivity index (χ0) is 16.5. The highest BCUT2D eigenvalue weighted by atomic mass is 32.2. The maximum absolute atomic E-state index is 5.40. The summed E-state index contributed by atoms with van der Waals surface area (Å²) < 4.78 is 10.6. The van der Waals surface area contributed by atoms with Crippen molar-refractivity contribution in [2.45, 2.75) is 17.3 Å². The maximum atomic E-state index is 5.40. The number of hydrogen-bond acceptors (Lipinski definition) is 7. The van der Waals surface area contributed by atoms with Crippen LogP contribution in [0.2, 0.25) is 0 Å². The van der Waals surface area contributed by atoms with Gasteiger partial charge in [0.15, 0.2) is 5.16 Å². The van der Waals surface area contributed by atoms with Crippen LogP contribution >= 0.6 is 23.1 Å². The van der Waals surface area contributed by atoms with Gasteiger partial charge < -0.3 is 14.2 Å². The maximum Gasteiger partial charge on any atom is 0.240 e. The number of benzene rings is 1. The molecule has 24 heavy (non-hydrogen) atoms. The Kier molecular flexibility index (Phi) is 3.99. The van der Waals surface area contributed by atoms with Gasteiger partial charge in [-0.05, 0) is 30.5 Å². The van der Waals surface area contributed by atoms with Crippen LogP contribution in [0.15, 0.2) is 45.4 Å². The molecule has 4 rings (SSSR count). The van der Waals surface area contributed by atoms with E-state index in [9.17, 15) is 0 Å². The van der Waals surface area contributed by atoms with E-state index in [1.165, 1.54) is 0 Å². The topological polar surface area (TPSA) is 76.8 Å². The number of thioether (sulfide) groups is 1. The number of aromatic nitrogens is 4. The molecule has 3 heterocycles. The standard InChI is InChI=1S/C16H14N4O2S2/c1-9(15-19-14(20-22-15)13-4-3-7-23-13)24-16-17-11-6-5-10(21-2)8-12(11)18-16/h3-9H,1-2H3,(H,17,18)/t9-/m0/s1. The summed E-state index contributed by atoms with van der Waals surface area (Å²) in [6.45, 7) is 2.02. The van der Waals surface area contributed by atoms with Gasteiger partial charge in [0.1, 0.15) is 5.75 Å². The Balaban J connectivity index is 1.54. The molecule has 0 bridgehead atoms. The molecule has 6 nitrogen and oxygen atoms in total. The molecule has 0 radical (unpaired) electrons. The Morgan fingerprint density at radius 1 is 1.29 bits per heavy atom. The van der Waals surface area contributed by atoms with E-state index in [2.05, 4.69) is 20.1 Å². The van der Waals surface area contributed by atoms with E-state index in [1.807, 2.05) is 42.6 Å². The smallest absolute Gasteiger partial charge is 0.240 e. The fraction of sp³-hybridized carbons (Fsp3) is 0.188. The number of methoxy groups -OCH3 is 1. The first-order valence-corrected chi connectivity index (χ1v) is 9.07. The van der Waals surface area contributed by atoms with E-state index in [-0.39, 0.29) is 5.25 Å². The highest BCUT2D eigenvalue weighted by molar-refractivity contribution is 7.99. The third kappa shape index (κ3) is 2.90. The summed E-state index contributed by atoms with van der Waals surface area (Å²) in [5, 5.41) is 6.84. The van der Waals surface area contributed by atoms with Crippen molar-refractivity contribution in [3.8, 4) is 16.5 Å². The van der Waals surface area contributed by atoms with Crippen LogP contribution in [-0.2, 0) is 0 Å². The number of H-pyrrole nitrogens is 1. The average Bonchev–Trinajstić information content (AvgIpc) is 3.32. The van der Waals surface area contributed by atoms with Crippen molar-refractivity contribution in [3.05, 3.63) is 41.6 Å². The minimum Gasteiger partial charge on any atom is -0.497 e. The van der Waals surface area contributed by atoms with Crippen LogP contribution in [0.5, 0.6) is 5.75 Å². The highest BCUT2D eigenvalue weighted by Crippen LogP contribution is 2.34. The second-order valence-electron chi connectivity index (χ2n) is 5.12. The first-order valence-electron chi connectivity index (χ1n) is 7.31. The van der Waals surface area contributed by atoms with Crippen LogP contribution in [0.4, 0.5) is 0 Å². The summed E-state index contributed by atoms with van der Waals surface area (Å²) in [6, 6.07) is 9.70. The number of fused-ring (bicyclic) bond motifs is 1. The molecule has 4 aromatic rings. The van der Waals surface area contributed by atoms with Gasteiger partial charge in [0.25, 0.3) is 0 Å². The fourth-order valence-corrected chi connectivity index (χ4v) is 3.77. The minimum absolute atomic E-state index is 0.00586. The van der Waals surface area contributed by atoms with Crippen molar-refractivity contribution >= 4 is 34.1 Å². The number of nitrogens with zero attached hydrogens (tertiary/aromatic N) is 3. The monoisotopic (exact) mass is 358 g/mol. The SMILES string of the molecule is COc1ccc2nc(S[C@@H](C)c3nc(-c4cccs4)no3)[nH]c2c1. The predicted octanol–water partition coefficient (Wildman–Crippen LogP) is 4.54. The van der Waals surface area contributed by atoms with Gasteiger partial charge in [-0.15, -0.1) is 11.3 Å². The van der Waals surface area contributed by atoms with Crippen molar-refractivity contribution in [3.63, 3.8) is 0 Å². The van der Waals surface area contributed by atoms with Crippen molar-refractivity contribution in [2.24, 2.45) is 0 Å². The molecule has 0 saturated heterocycles. The number of hydrogen-bond donors (Lipinski definition) is 1. The molecule has 0 fully saturated rings. The van der Waals surface area contributed by atoms with E-state index in [1.54, 1.807) is 30.2 Å². The third-order valence-corrected chi connectivity index (χ3v) is 5.32. The van der Waals surface area contributed by atoms with Gasteiger partial charge in [-0.25, -0.2) is 4.98 Å². The third-order valence-electron chi connectivity index (χ3n) is 3.49. The van der Waals surface area contributed by atoms with E-state index < -0.39 is 0 Å². The van der Waals surface area contributed by atoms with Crippen LogP contribution in [-0.4, -0.2) is 27.2 Å². The zero-order valence-corrected chi connectivity index (χ0v) is 14.6. The van der Waals surface area contributed by atoms with Crippen LogP contribution in [0.1, 0.15) is 18.1 Å². The molecule has 0 aliphatic carbocycles. The Hall–Kier alpha value is -2.32. The largest absolute Gasteiger partial charge is 0.497 e. The van der Waals surface area contributed by atoms with Gasteiger partial charge in [0.05, 0.1) is 28.3 Å². The number of ether oxygens (including phenoxy) is 1. The molecular formula is C16H14N4O2S2. The molecule has 0 amide bonds. The van der Waals surface area contributed by atoms with Crippen molar-refractivity contribution in [1.29, 1.82) is 0 Å². The Morgan fingerprint density at radius 2 is 2.21 bits per heavy atom. The molecule has 0 spiro atoms. The summed E-state index contributed by atoms with van der Waals surface area (Å²) in [6.07, 6.45) is 0. The predicted molar refractivity (Wildman–Crippen MR) is 94.5 cm³/mol. The van der Waals surface area contributed by atoms with Crippen LogP contribution in [0.3, 0.4) is 0 Å². The lowest BCUT2D eigenvalue weighted by Crippen LogP contribution is -1.89. The lowest BCUT2D eigenvalue weighted by molar-refractivity contribution is 0.381. The van der Waals surface area contributed by atoms with Crippen molar-refractivity contribution in [2.75, 3.05) is 7.11 Å². The van der Waals surface area contributed by atoms with Crippen LogP contribution in [0.25, 0.3) is 21.7 Å². The molecule has 0 saturated carbocycles. The van der Waals surface area contributed by atoms with E-state index >= 15 is 0 Å². The molecule has 3 aromatic heterocycles. The van der Waals surface area contributed by atoms with E-state index in [0.717, 1.165) is 26.8 Å². The average molecular weight is 358 g/mol. The summed E-state index contributed by atoms with van der Waals surface area (Å²) in [7, 11) is 1.65. The summed E-state index contributed by atoms with van der Waals surface area (Å²) in [5.41, 5.74) is 1.84. The van der Waals surface area contributed by atoms with E-state index in [4.69, 9.17) is 9.26 Å². The molecule has 1 atom stereocenters. The lowest BCUT2D eigenvalue weighted by atomic mass is 10.3. The van der Waals surface area contributed by atoms with Gasteiger partial charge in [-0.2, -0.15) is 4.98 Å². The van der Waals surface area contributed by atoms with Crippen molar-refractivity contribution in [1.82, 2.24) is 20.1 Å². The van der Waals surface area contributed by atoms with Gasteiger partial charge in [0, 0.05) is 6.07 Å². The first-order chi connectivity index (χ1) is 11.7. The normalized spacial score (nSPS) is 12.6. The second-order valence-corrected chi connectivity index (χ2v) is 7.40. The van der Waals surface area contributed by atoms with Crippen molar-refractivity contribution < 1.29 is 9.26 Å². The van der Waals surface area contributed by atoms with Crippen LogP contribution in [0, 0.1) is 0 Å². The number of imidazole rings is 1. The summed E-state index contributed by atoms with van der Waals surface area (Å²) in [5.74, 6) is 2.01. The van der Waals surface area contributed by atoms with Gasteiger partial charge in [-0.3, -0.25) is 0 Å². The van der Waals surface area contributed by atoms with Gasteiger partial charge in [0.2, 0.25) is 11.7 Å². The molecule has 8 heteroatoms. The fourth-order valence-electron chi connectivity index (χ4n) is 2.27. The van der Waals surface area contributed by atoms with Gasteiger partial charge in [-0.1, -0.05) is 23.0 Å². The molecule has 0 aliphatic heterocycles. The second kappa shape index (κ2) is 6.29. The lowest BCUT2D eigenvalue weighted by Gasteiger charge is -2.02. The molecule has 122 valence electrons. The number of aromatic amines is 1. The zero-order valence-electron chi connectivity index (χ0n) is 13.0. The Morgan fingerprint density at radius 3 is 3.00 bits per heavy atom. The quantitative estimate of drug-likeness (QED) is 0.528. The molecule has 0 unspecified atom stereocenters. The highest BCUT2D eigenvalue weighted by Gasteiger charge is 2.18. The number of nitrogens with one attached hydrogen (secondary N) is 1. The summed E-state index contributed by atoms with van der Waals surface area (Å²) in [4.78, 5) is 13.3. The Bertz CT molecular complexity index is 962. The number of rotatable bonds is 5. The van der Waals surface area contributed by atoms with E-state index in [0.29, 0.717) is 11.7 Å². The molecular weight excluding hydrogens is 344 g/mol. The minimum atomic E-state index is -0.00586. The Labute approximate surface area is 146 Å². The number of thiophene rings is 1. The first kappa shape index (κ1) is 15.2. The molecule has 1 aromatic carbocycles. The van der Waals surface area contributed by atoms with Crippen LogP contribution < -0.4 is 4.74 Å². The molecule has 0 aliphatic rings. The van der Waals surface area contributed by atoms with Gasteiger partial charge >= 0.3 is 0 Å². The molecule has 1 N–H and O–H groups in total. The summed E-state index contributed by atoms with van der Waals surface area (Å²) >= 11 is 3.14.